The number of rotatable bonds is 1. The number of pyridine rings is 1. The van der Waals surface area contributed by atoms with E-state index in [1.807, 2.05) is 18.3 Å². The van der Waals surface area contributed by atoms with Crippen molar-refractivity contribution in [3.63, 3.8) is 0 Å². The zero-order valence-corrected chi connectivity index (χ0v) is 11.8. The molecule has 0 N–H and O–H groups in total. The Bertz CT molecular complexity index is 730. The molecule has 1 nitrogen and oxygen atoms in total. The molecule has 0 spiro atoms. The fourth-order valence-electron chi connectivity index (χ4n) is 2.22. The topological polar surface area (TPSA) is 12.9 Å². The van der Waals surface area contributed by atoms with Crippen LogP contribution in [0.5, 0.6) is 0 Å². The van der Waals surface area contributed by atoms with Gasteiger partial charge in [-0.25, -0.2) is 0 Å². The molecule has 1 aromatic carbocycles. The molecule has 3 rings (SSSR count). The number of aromatic nitrogens is 1. The van der Waals surface area contributed by atoms with Gasteiger partial charge in [0, 0.05) is 22.0 Å². The highest BCUT2D eigenvalue weighted by Crippen LogP contribution is 2.38. The summed E-state index contributed by atoms with van der Waals surface area (Å²) in [5.41, 5.74) is 4.87. The van der Waals surface area contributed by atoms with E-state index in [-0.39, 0.29) is 0 Å². The SMILES string of the molecule is Cc1cc2ncccc2c(-c2ccc(Cl)s2)c1C. The van der Waals surface area contributed by atoms with Crippen LogP contribution in [-0.2, 0) is 0 Å². The number of hydrogen-bond donors (Lipinski definition) is 0. The van der Waals surface area contributed by atoms with Gasteiger partial charge < -0.3 is 0 Å². The van der Waals surface area contributed by atoms with Gasteiger partial charge in [-0.2, -0.15) is 0 Å². The highest BCUT2D eigenvalue weighted by Gasteiger charge is 2.12. The van der Waals surface area contributed by atoms with E-state index < -0.39 is 0 Å². The molecule has 90 valence electrons. The Balaban J connectivity index is 2.42. The highest BCUT2D eigenvalue weighted by atomic mass is 35.5. The molecular formula is C15H12ClNS. The van der Waals surface area contributed by atoms with Crippen LogP contribution in [-0.4, -0.2) is 4.98 Å². The summed E-state index contributed by atoms with van der Waals surface area (Å²) in [5.74, 6) is 0. The molecule has 0 aliphatic carbocycles. The fraction of sp³-hybridized carbons (Fsp3) is 0.133. The van der Waals surface area contributed by atoms with Crippen LogP contribution < -0.4 is 0 Å². The Morgan fingerprint density at radius 1 is 1.17 bits per heavy atom. The molecule has 0 radical (unpaired) electrons. The zero-order chi connectivity index (χ0) is 12.7. The van der Waals surface area contributed by atoms with Crippen LogP contribution in [0, 0.1) is 13.8 Å². The Labute approximate surface area is 115 Å². The van der Waals surface area contributed by atoms with Gasteiger partial charge in [0.2, 0.25) is 0 Å². The summed E-state index contributed by atoms with van der Waals surface area (Å²) >= 11 is 7.67. The number of aryl methyl sites for hydroxylation is 1. The zero-order valence-electron chi connectivity index (χ0n) is 10.2. The molecule has 0 saturated heterocycles. The minimum atomic E-state index is 0.822. The lowest BCUT2D eigenvalue weighted by molar-refractivity contribution is 1.33. The number of nitrogens with zero attached hydrogens (tertiary/aromatic N) is 1. The smallest absolute Gasteiger partial charge is 0.0934 e. The standard InChI is InChI=1S/C15H12ClNS/c1-9-8-12-11(4-3-7-17-12)15(10(9)2)13-5-6-14(16)18-13/h3-8H,1-2H3. The van der Waals surface area contributed by atoms with Crippen molar-refractivity contribution in [1.29, 1.82) is 0 Å². The van der Waals surface area contributed by atoms with E-state index in [0.29, 0.717) is 0 Å². The summed E-state index contributed by atoms with van der Waals surface area (Å²) < 4.78 is 0.822. The van der Waals surface area contributed by atoms with Crippen LogP contribution in [0.4, 0.5) is 0 Å². The van der Waals surface area contributed by atoms with Crippen molar-refractivity contribution in [3.05, 3.63) is 52.0 Å². The van der Waals surface area contributed by atoms with Crippen LogP contribution in [0.1, 0.15) is 11.1 Å². The third-order valence-electron chi connectivity index (χ3n) is 3.25. The Hall–Kier alpha value is -1.38. The quantitative estimate of drug-likeness (QED) is 0.591. The average molecular weight is 274 g/mol. The Morgan fingerprint density at radius 2 is 2.00 bits per heavy atom. The Morgan fingerprint density at radius 3 is 2.72 bits per heavy atom. The molecule has 2 heterocycles. The molecule has 0 amide bonds. The van der Waals surface area contributed by atoms with Gasteiger partial charge in [-0.3, -0.25) is 4.98 Å². The summed E-state index contributed by atoms with van der Waals surface area (Å²) in [6.45, 7) is 4.28. The summed E-state index contributed by atoms with van der Waals surface area (Å²) in [7, 11) is 0. The van der Waals surface area contributed by atoms with Crippen LogP contribution in [0.25, 0.3) is 21.3 Å². The number of halogens is 1. The maximum atomic E-state index is 6.06. The van der Waals surface area contributed by atoms with Crippen LogP contribution >= 0.6 is 22.9 Å². The van der Waals surface area contributed by atoms with Gasteiger partial charge in [0.1, 0.15) is 0 Å². The second-order valence-electron chi connectivity index (χ2n) is 4.37. The maximum Gasteiger partial charge on any atom is 0.0934 e. The summed E-state index contributed by atoms with van der Waals surface area (Å²) in [5, 5.41) is 1.19. The summed E-state index contributed by atoms with van der Waals surface area (Å²) in [6, 6.07) is 10.3. The number of fused-ring (bicyclic) bond motifs is 1. The van der Waals surface area contributed by atoms with E-state index in [0.717, 1.165) is 9.85 Å². The van der Waals surface area contributed by atoms with Crippen molar-refractivity contribution in [2.45, 2.75) is 13.8 Å². The van der Waals surface area contributed by atoms with E-state index in [2.05, 4.69) is 37.0 Å². The third kappa shape index (κ3) is 1.82. The van der Waals surface area contributed by atoms with E-state index in [1.165, 1.54) is 27.0 Å². The van der Waals surface area contributed by atoms with Gasteiger partial charge in [-0.05, 0) is 49.2 Å². The van der Waals surface area contributed by atoms with Crippen LogP contribution in [0.3, 0.4) is 0 Å². The molecule has 18 heavy (non-hydrogen) atoms. The van der Waals surface area contributed by atoms with Crippen LogP contribution in [0.15, 0.2) is 36.5 Å². The van der Waals surface area contributed by atoms with Crippen molar-refractivity contribution in [2.24, 2.45) is 0 Å². The molecule has 0 atom stereocenters. The van der Waals surface area contributed by atoms with Crippen molar-refractivity contribution >= 4 is 33.8 Å². The van der Waals surface area contributed by atoms with Gasteiger partial charge in [0.05, 0.1) is 9.85 Å². The molecule has 2 aromatic heterocycles. The predicted octanol–water partition coefficient (Wildman–Crippen LogP) is 5.23. The first-order chi connectivity index (χ1) is 8.66. The average Bonchev–Trinajstić information content (AvgIpc) is 2.77. The fourth-order valence-corrected chi connectivity index (χ4v) is 3.38. The molecular weight excluding hydrogens is 262 g/mol. The van der Waals surface area contributed by atoms with Gasteiger partial charge in [0.25, 0.3) is 0 Å². The molecule has 0 bridgehead atoms. The van der Waals surface area contributed by atoms with Crippen molar-refractivity contribution in [1.82, 2.24) is 4.98 Å². The molecule has 0 fully saturated rings. The number of hydrogen-bond acceptors (Lipinski definition) is 2. The monoisotopic (exact) mass is 273 g/mol. The van der Waals surface area contributed by atoms with Gasteiger partial charge in [-0.1, -0.05) is 17.7 Å². The molecule has 3 aromatic rings. The first kappa shape index (κ1) is 11.7. The van der Waals surface area contributed by atoms with Gasteiger partial charge in [0.15, 0.2) is 0 Å². The van der Waals surface area contributed by atoms with E-state index in [1.54, 1.807) is 11.3 Å². The lowest BCUT2D eigenvalue weighted by Crippen LogP contribution is -1.90. The summed E-state index contributed by atoms with van der Waals surface area (Å²) in [6.07, 6.45) is 1.84. The van der Waals surface area contributed by atoms with E-state index in [9.17, 15) is 0 Å². The maximum absolute atomic E-state index is 6.06. The molecule has 0 aliphatic rings. The predicted molar refractivity (Wildman–Crippen MR) is 79.5 cm³/mol. The first-order valence-electron chi connectivity index (χ1n) is 5.77. The second-order valence-corrected chi connectivity index (χ2v) is 6.08. The lowest BCUT2D eigenvalue weighted by atomic mass is 9.97. The van der Waals surface area contributed by atoms with Crippen molar-refractivity contribution < 1.29 is 0 Å². The number of thiophene rings is 1. The minimum Gasteiger partial charge on any atom is -0.256 e. The van der Waals surface area contributed by atoms with Crippen LogP contribution in [0.2, 0.25) is 4.34 Å². The van der Waals surface area contributed by atoms with E-state index >= 15 is 0 Å². The minimum absolute atomic E-state index is 0.822. The van der Waals surface area contributed by atoms with Crippen molar-refractivity contribution in [3.8, 4) is 10.4 Å². The molecule has 3 heteroatoms. The first-order valence-corrected chi connectivity index (χ1v) is 6.97. The largest absolute Gasteiger partial charge is 0.256 e. The van der Waals surface area contributed by atoms with Gasteiger partial charge in [-0.15, -0.1) is 11.3 Å². The normalized spacial score (nSPS) is 11.1. The van der Waals surface area contributed by atoms with Gasteiger partial charge >= 0.3 is 0 Å². The molecule has 0 aliphatic heterocycles. The van der Waals surface area contributed by atoms with E-state index in [4.69, 9.17) is 11.6 Å². The molecule has 0 saturated carbocycles. The lowest BCUT2D eigenvalue weighted by Gasteiger charge is -2.11. The summed E-state index contributed by atoms with van der Waals surface area (Å²) in [4.78, 5) is 5.66. The van der Waals surface area contributed by atoms with Crippen molar-refractivity contribution in [2.75, 3.05) is 0 Å². The second kappa shape index (κ2) is 4.38. The number of benzene rings is 1. The highest BCUT2D eigenvalue weighted by molar-refractivity contribution is 7.19. The third-order valence-corrected chi connectivity index (χ3v) is 4.50. The molecule has 0 unspecified atom stereocenters. The Kier molecular flexibility index (Phi) is 2.84.